The fourth-order valence-electron chi connectivity index (χ4n) is 1.23. The van der Waals surface area contributed by atoms with Crippen molar-refractivity contribution in [2.75, 3.05) is 13.6 Å². The molecule has 0 aromatic rings. The topological polar surface area (TPSA) is 32.7 Å². The average molecular weight is 170 g/mol. The van der Waals surface area contributed by atoms with Crippen molar-refractivity contribution in [3.8, 4) is 0 Å². The summed E-state index contributed by atoms with van der Waals surface area (Å²) in [5.74, 6) is 1.05. The second-order valence-electron chi connectivity index (χ2n) is 2.41. The molecule has 1 saturated heterocycles. The lowest BCUT2D eigenvalue weighted by molar-refractivity contribution is -0.124. The molecule has 0 bridgehead atoms. The van der Waals surface area contributed by atoms with Gasteiger partial charge in [-0.3, -0.25) is 9.79 Å². The molecule has 1 rings (SSSR count). The number of nitrogens with zero attached hydrogens (tertiary/aromatic N) is 2. The van der Waals surface area contributed by atoms with Crippen LogP contribution in [-0.2, 0) is 4.79 Å². The maximum Gasteiger partial charge on any atom is 0.224 e. The minimum absolute atomic E-state index is 0.109. The SMILES string of the molecule is CC.CN=C1CCCN1C(C)=O. The molecule has 0 aromatic carbocycles. The van der Waals surface area contributed by atoms with Gasteiger partial charge >= 0.3 is 0 Å². The third-order valence-corrected chi connectivity index (χ3v) is 1.73. The molecule has 1 amide bonds. The largest absolute Gasteiger partial charge is 0.301 e. The van der Waals surface area contributed by atoms with Crippen LogP contribution >= 0.6 is 0 Å². The molecular formula is C9H18N2O. The summed E-state index contributed by atoms with van der Waals surface area (Å²) in [5.41, 5.74) is 0. The lowest BCUT2D eigenvalue weighted by atomic mass is 10.4. The summed E-state index contributed by atoms with van der Waals surface area (Å²) in [6.45, 7) is 6.43. The maximum atomic E-state index is 10.9. The van der Waals surface area contributed by atoms with Crippen LogP contribution in [-0.4, -0.2) is 30.2 Å². The first kappa shape index (κ1) is 11.1. The number of aliphatic imine (C=N–C) groups is 1. The van der Waals surface area contributed by atoms with Crippen LogP contribution in [0.4, 0.5) is 0 Å². The van der Waals surface area contributed by atoms with Crippen molar-refractivity contribution in [2.24, 2.45) is 4.99 Å². The molecule has 1 fully saturated rings. The Kier molecular flexibility index (Phi) is 5.34. The Morgan fingerprint density at radius 2 is 2.08 bits per heavy atom. The van der Waals surface area contributed by atoms with E-state index in [0.717, 1.165) is 25.2 Å². The molecule has 0 spiro atoms. The minimum atomic E-state index is 0.109. The van der Waals surface area contributed by atoms with E-state index >= 15 is 0 Å². The molecule has 1 aliphatic heterocycles. The van der Waals surface area contributed by atoms with Crippen LogP contribution in [0.5, 0.6) is 0 Å². The first-order valence-electron chi connectivity index (χ1n) is 4.49. The Morgan fingerprint density at radius 3 is 2.42 bits per heavy atom. The Hall–Kier alpha value is -0.860. The molecule has 0 radical (unpaired) electrons. The van der Waals surface area contributed by atoms with Crippen LogP contribution in [0.1, 0.15) is 33.6 Å². The molecule has 0 atom stereocenters. The summed E-state index contributed by atoms with van der Waals surface area (Å²) in [6, 6.07) is 0. The van der Waals surface area contributed by atoms with E-state index in [9.17, 15) is 4.79 Å². The summed E-state index contributed by atoms with van der Waals surface area (Å²) in [7, 11) is 1.73. The first-order chi connectivity index (χ1) is 5.75. The van der Waals surface area contributed by atoms with Crippen LogP contribution in [0.2, 0.25) is 0 Å². The fraction of sp³-hybridized carbons (Fsp3) is 0.778. The van der Waals surface area contributed by atoms with Crippen molar-refractivity contribution >= 4 is 11.7 Å². The quantitative estimate of drug-likeness (QED) is 0.544. The van der Waals surface area contributed by atoms with E-state index in [0.29, 0.717) is 0 Å². The molecule has 0 aromatic heterocycles. The predicted molar refractivity (Wildman–Crippen MR) is 51.3 cm³/mol. The van der Waals surface area contributed by atoms with Gasteiger partial charge < -0.3 is 4.90 Å². The summed E-state index contributed by atoms with van der Waals surface area (Å²) < 4.78 is 0. The minimum Gasteiger partial charge on any atom is -0.301 e. The third-order valence-electron chi connectivity index (χ3n) is 1.73. The number of amidine groups is 1. The lowest BCUT2D eigenvalue weighted by Crippen LogP contribution is -2.29. The highest BCUT2D eigenvalue weighted by atomic mass is 16.2. The van der Waals surface area contributed by atoms with E-state index in [4.69, 9.17) is 0 Å². The molecule has 0 unspecified atom stereocenters. The summed E-state index contributed by atoms with van der Waals surface area (Å²) in [6.07, 6.45) is 2.02. The third kappa shape index (κ3) is 2.64. The highest BCUT2D eigenvalue weighted by Crippen LogP contribution is 2.10. The molecule has 0 aliphatic carbocycles. The molecular weight excluding hydrogens is 152 g/mol. The van der Waals surface area contributed by atoms with Crippen LogP contribution in [0.15, 0.2) is 4.99 Å². The maximum absolute atomic E-state index is 10.9. The number of hydrogen-bond donors (Lipinski definition) is 0. The van der Waals surface area contributed by atoms with Gasteiger partial charge in [0.2, 0.25) is 5.91 Å². The van der Waals surface area contributed by atoms with Gasteiger partial charge in [-0.1, -0.05) is 13.8 Å². The zero-order valence-corrected chi connectivity index (χ0v) is 8.42. The number of carbonyl (C=O) groups excluding carboxylic acids is 1. The van der Waals surface area contributed by atoms with Gasteiger partial charge in [0, 0.05) is 26.9 Å². The van der Waals surface area contributed by atoms with Crippen LogP contribution in [0, 0.1) is 0 Å². The molecule has 3 nitrogen and oxygen atoms in total. The fourth-order valence-corrected chi connectivity index (χ4v) is 1.23. The Balaban J connectivity index is 0.000000561. The number of amides is 1. The summed E-state index contributed by atoms with van der Waals surface area (Å²) in [4.78, 5) is 16.6. The second-order valence-corrected chi connectivity index (χ2v) is 2.41. The second kappa shape index (κ2) is 5.75. The number of carbonyl (C=O) groups is 1. The van der Waals surface area contributed by atoms with E-state index in [1.54, 1.807) is 18.9 Å². The smallest absolute Gasteiger partial charge is 0.224 e. The van der Waals surface area contributed by atoms with E-state index < -0.39 is 0 Å². The molecule has 3 heteroatoms. The predicted octanol–water partition coefficient (Wildman–Crippen LogP) is 1.68. The number of likely N-dealkylation sites (tertiary alicyclic amines) is 1. The van der Waals surface area contributed by atoms with Gasteiger partial charge in [-0.25, -0.2) is 0 Å². The monoisotopic (exact) mass is 170 g/mol. The Morgan fingerprint density at radius 1 is 1.50 bits per heavy atom. The van der Waals surface area contributed by atoms with Crippen LogP contribution < -0.4 is 0 Å². The lowest BCUT2D eigenvalue weighted by Gasteiger charge is -2.12. The van der Waals surface area contributed by atoms with Crippen molar-refractivity contribution in [1.29, 1.82) is 0 Å². The van der Waals surface area contributed by atoms with Gasteiger partial charge in [0.1, 0.15) is 5.84 Å². The standard InChI is InChI=1S/C7H12N2O.C2H6/c1-6(10)9-5-3-4-7(9)8-2;1-2/h3-5H2,1-2H3;1-2H3. The van der Waals surface area contributed by atoms with Crippen LogP contribution in [0.3, 0.4) is 0 Å². The summed E-state index contributed by atoms with van der Waals surface area (Å²) in [5, 5.41) is 0. The van der Waals surface area contributed by atoms with Gasteiger partial charge in [-0.2, -0.15) is 0 Å². The van der Waals surface area contributed by atoms with Crippen molar-refractivity contribution in [1.82, 2.24) is 4.90 Å². The van der Waals surface area contributed by atoms with Gasteiger partial charge in [-0.05, 0) is 6.42 Å². The number of hydrogen-bond acceptors (Lipinski definition) is 2. The van der Waals surface area contributed by atoms with Gasteiger partial charge in [0.15, 0.2) is 0 Å². The van der Waals surface area contributed by atoms with Crippen molar-refractivity contribution in [2.45, 2.75) is 33.6 Å². The zero-order chi connectivity index (χ0) is 9.56. The van der Waals surface area contributed by atoms with Gasteiger partial charge in [0.05, 0.1) is 0 Å². The van der Waals surface area contributed by atoms with Crippen molar-refractivity contribution < 1.29 is 4.79 Å². The van der Waals surface area contributed by atoms with E-state index in [2.05, 4.69) is 4.99 Å². The highest BCUT2D eigenvalue weighted by molar-refractivity contribution is 5.98. The summed E-state index contributed by atoms with van der Waals surface area (Å²) >= 11 is 0. The van der Waals surface area contributed by atoms with Gasteiger partial charge in [0.25, 0.3) is 0 Å². The number of rotatable bonds is 0. The highest BCUT2D eigenvalue weighted by Gasteiger charge is 2.20. The van der Waals surface area contributed by atoms with Crippen LogP contribution in [0.25, 0.3) is 0 Å². The Bertz CT molecular complexity index is 175. The Labute approximate surface area is 74.5 Å². The van der Waals surface area contributed by atoms with Crippen molar-refractivity contribution in [3.63, 3.8) is 0 Å². The first-order valence-corrected chi connectivity index (χ1v) is 4.49. The van der Waals surface area contributed by atoms with E-state index in [1.165, 1.54) is 0 Å². The zero-order valence-electron chi connectivity index (χ0n) is 8.42. The molecule has 12 heavy (non-hydrogen) atoms. The molecule has 70 valence electrons. The molecule has 0 N–H and O–H groups in total. The molecule has 0 saturated carbocycles. The molecule has 1 heterocycles. The average Bonchev–Trinajstić information content (AvgIpc) is 2.55. The van der Waals surface area contributed by atoms with Gasteiger partial charge in [-0.15, -0.1) is 0 Å². The van der Waals surface area contributed by atoms with Crippen molar-refractivity contribution in [3.05, 3.63) is 0 Å². The normalized spacial score (nSPS) is 19.0. The van der Waals surface area contributed by atoms with E-state index in [-0.39, 0.29) is 5.91 Å². The molecule has 1 aliphatic rings. The van der Waals surface area contributed by atoms with E-state index in [1.807, 2.05) is 13.8 Å².